The van der Waals surface area contributed by atoms with Crippen LogP contribution in [0.25, 0.3) is 21.7 Å². The lowest BCUT2D eigenvalue weighted by Crippen LogP contribution is -2.39. The quantitative estimate of drug-likeness (QED) is 0.227. The van der Waals surface area contributed by atoms with E-state index in [2.05, 4.69) is 16.4 Å². The Bertz CT molecular complexity index is 1680. The summed E-state index contributed by atoms with van der Waals surface area (Å²) in [5.74, 6) is 0.881. The van der Waals surface area contributed by atoms with E-state index in [1.807, 2.05) is 43.5 Å². The number of thiophene rings is 1. The zero-order valence-corrected chi connectivity index (χ0v) is 24.3. The third-order valence-corrected chi connectivity index (χ3v) is 7.97. The fourth-order valence-electron chi connectivity index (χ4n) is 5.02. The van der Waals surface area contributed by atoms with Crippen LogP contribution in [-0.2, 0) is 17.9 Å². The van der Waals surface area contributed by atoms with Crippen LogP contribution in [0.15, 0.2) is 52.6 Å². The SMILES string of the molecule is Cc1ncc(-c2ccc(C(=O)Nc3nc4cc(CO)ccc4n3C[C@H]3CCCN3C(=O)C(C#N)=CC(C)(C)C)s2)o1. The Morgan fingerprint density at radius 1 is 1.29 bits per heavy atom. The topological polar surface area (TPSA) is 137 Å². The molecule has 4 aromatic rings. The molecule has 0 radical (unpaired) electrons. The number of hydrogen-bond acceptors (Lipinski definition) is 8. The monoisotopic (exact) mass is 572 g/mol. The van der Waals surface area contributed by atoms with Crippen molar-refractivity contribution in [2.45, 2.75) is 59.7 Å². The molecule has 0 aliphatic carbocycles. The van der Waals surface area contributed by atoms with E-state index in [0.717, 1.165) is 23.2 Å². The first-order valence-electron chi connectivity index (χ1n) is 13.4. The van der Waals surface area contributed by atoms with Gasteiger partial charge < -0.3 is 19.0 Å². The number of imidazole rings is 1. The Labute approximate surface area is 241 Å². The minimum absolute atomic E-state index is 0.133. The predicted molar refractivity (Wildman–Crippen MR) is 156 cm³/mol. The van der Waals surface area contributed by atoms with E-state index in [4.69, 9.17) is 9.40 Å². The van der Waals surface area contributed by atoms with Crippen LogP contribution in [0.2, 0.25) is 0 Å². The standard InChI is InChI=1S/C30H32N6O4S/c1-18-32-15-24(40-18)25-9-10-26(41-25)27(38)34-29-33-22-12-19(17-37)7-8-23(22)36(29)16-21-6-5-11-35(21)28(39)20(14-31)13-30(2,3)4/h7-10,12-13,15,21,37H,5-6,11,16-17H2,1-4H3,(H,33,34,38)/t21-/m1/s1. The van der Waals surface area contributed by atoms with E-state index in [0.29, 0.717) is 46.6 Å². The Kier molecular flexibility index (Phi) is 7.80. The first-order chi connectivity index (χ1) is 19.6. The molecule has 0 bridgehead atoms. The molecule has 1 aromatic carbocycles. The van der Waals surface area contributed by atoms with E-state index >= 15 is 0 Å². The number of nitrogens with zero attached hydrogens (tertiary/aromatic N) is 5. The fraction of sp³-hybridized carbons (Fsp3) is 0.367. The molecule has 1 atom stereocenters. The number of carbonyl (C=O) groups is 2. The number of oxazole rings is 1. The van der Waals surface area contributed by atoms with Crippen LogP contribution >= 0.6 is 11.3 Å². The maximum atomic E-state index is 13.4. The lowest BCUT2D eigenvalue weighted by Gasteiger charge is -2.26. The van der Waals surface area contributed by atoms with Crippen LogP contribution < -0.4 is 5.32 Å². The molecule has 10 nitrogen and oxygen atoms in total. The van der Waals surface area contributed by atoms with E-state index in [9.17, 15) is 20.0 Å². The zero-order chi connectivity index (χ0) is 29.3. The molecular weight excluding hydrogens is 540 g/mol. The molecule has 1 aliphatic rings. The molecule has 2 amide bonds. The van der Waals surface area contributed by atoms with Gasteiger partial charge in [0.15, 0.2) is 11.7 Å². The van der Waals surface area contributed by atoms with Gasteiger partial charge in [0.1, 0.15) is 11.6 Å². The number of rotatable bonds is 7. The van der Waals surface area contributed by atoms with Crippen molar-refractivity contribution >= 4 is 40.1 Å². The minimum atomic E-state index is -0.323. The van der Waals surface area contributed by atoms with Gasteiger partial charge in [-0.3, -0.25) is 14.9 Å². The summed E-state index contributed by atoms with van der Waals surface area (Å²) in [6, 6.07) is 10.9. The molecule has 0 unspecified atom stereocenters. The highest BCUT2D eigenvalue weighted by atomic mass is 32.1. The van der Waals surface area contributed by atoms with Gasteiger partial charge in [-0.1, -0.05) is 32.9 Å². The van der Waals surface area contributed by atoms with Crippen LogP contribution in [0.1, 0.15) is 54.7 Å². The summed E-state index contributed by atoms with van der Waals surface area (Å²) >= 11 is 1.29. The molecule has 2 N–H and O–H groups in total. The minimum Gasteiger partial charge on any atom is -0.440 e. The van der Waals surface area contributed by atoms with Crippen LogP contribution in [0.5, 0.6) is 0 Å². The third-order valence-electron chi connectivity index (χ3n) is 6.87. The summed E-state index contributed by atoms with van der Waals surface area (Å²) in [5, 5.41) is 22.3. The second kappa shape index (κ2) is 11.3. The lowest BCUT2D eigenvalue weighted by atomic mass is 9.93. The number of amides is 2. The Morgan fingerprint density at radius 3 is 2.78 bits per heavy atom. The number of nitrogens with one attached hydrogen (secondary N) is 1. The molecule has 3 aromatic heterocycles. The summed E-state index contributed by atoms with van der Waals surface area (Å²) in [5.41, 5.74) is 1.92. The van der Waals surface area contributed by atoms with Crippen molar-refractivity contribution < 1.29 is 19.1 Å². The number of hydrogen-bond donors (Lipinski definition) is 2. The lowest BCUT2D eigenvalue weighted by molar-refractivity contribution is -0.127. The average molecular weight is 573 g/mol. The summed E-state index contributed by atoms with van der Waals surface area (Å²) in [4.78, 5) is 38.6. The third kappa shape index (κ3) is 6.09. The Morgan fingerprint density at radius 2 is 2.10 bits per heavy atom. The number of aromatic nitrogens is 3. The highest BCUT2D eigenvalue weighted by Gasteiger charge is 2.32. The molecule has 212 valence electrons. The van der Waals surface area contributed by atoms with Gasteiger partial charge in [0.05, 0.1) is 39.6 Å². The molecule has 1 saturated heterocycles. The summed E-state index contributed by atoms with van der Waals surface area (Å²) in [6.45, 7) is 8.43. The maximum absolute atomic E-state index is 13.4. The van der Waals surface area contributed by atoms with Crippen molar-refractivity contribution in [1.29, 1.82) is 5.26 Å². The fourth-order valence-corrected chi connectivity index (χ4v) is 5.87. The zero-order valence-electron chi connectivity index (χ0n) is 23.5. The van der Waals surface area contributed by atoms with Crippen LogP contribution in [0.3, 0.4) is 0 Å². The largest absolute Gasteiger partial charge is 0.440 e. The second-order valence-electron chi connectivity index (χ2n) is 11.2. The Hall–Kier alpha value is -4.27. The first-order valence-corrected chi connectivity index (χ1v) is 14.3. The predicted octanol–water partition coefficient (Wildman–Crippen LogP) is 5.29. The van der Waals surface area contributed by atoms with Crippen molar-refractivity contribution in [1.82, 2.24) is 19.4 Å². The number of fused-ring (bicyclic) bond motifs is 1. The molecule has 0 spiro atoms. The summed E-state index contributed by atoms with van der Waals surface area (Å²) < 4.78 is 7.49. The van der Waals surface area contributed by atoms with Gasteiger partial charge in [-0.15, -0.1) is 11.3 Å². The van der Waals surface area contributed by atoms with Crippen molar-refractivity contribution in [2.24, 2.45) is 5.41 Å². The van der Waals surface area contributed by atoms with E-state index in [1.165, 1.54) is 11.3 Å². The highest BCUT2D eigenvalue weighted by Crippen LogP contribution is 2.31. The van der Waals surface area contributed by atoms with Crippen molar-refractivity contribution in [2.75, 3.05) is 11.9 Å². The van der Waals surface area contributed by atoms with E-state index in [-0.39, 0.29) is 35.5 Å². The van der Waals surface area contributed by atoms with Gasteiger partial charge in [0.25, 0.3) is 11.8 Å². The normalized spacial score (nSPS) is 15.9. The molecule has 5 rings (SSSR count). The van der Waals surface area contributed by atoms with Crippen LogP contribution in [0, 0.1) is 23.7 Å². The van der Waals surface area contributed by atoms with Gasteiger partial charge in [0.2, 0.25) is 5.95 Å². The highest BCUT2D eigenvalue weighted by molar-refractivity contribution is 7.17. The molecule has 1 aliphatic heterocycles. The van der Waals surface area contributed by atoms with Gasteiger partial charge in [-0.05, 0) is 48.1 Å². The smallest absolute Gasteiger partial charge is 0.268 e. The number of carbonyl (C=O) groups excluding carboxylic acids is 2. The average Bonchev–Trinajstić information content (AvgIpc) is 3.73. The maximum Gasteiger partial charge on any atom is 0.268 e. The number of likely N-dealkylation sites (tertiary alicyclic amines) is 1. The molecule has 4 heterocycles. The number of allylic oxidation sites excluding steroid dienone is 1. The number of benzene rings is 1. The van der Waals surface area contributed by atoms with E-state index in [1.54, 1.807) is 36.2 Å². The number of aliphatic hydroxyl groups excluding tert-OH is 1. The van der Waals surface area contributed by atoms with Crippen LogP contribution in [0.4, 0.5) is 5.95 Å². The van der Waals surface area contributed by atoms with Gasteiger partial charge in [-0.25, -0.2) is 9.97 Å². The molecule has 1 fully saturated rings. The van der Waals surface area contributed by atoms with Crippen molar-refractivity contribution in [3.63, 3.8) is 0 Å². The number of nitriles is 1. The van der Waals surface area contributed by atoms with Crippen molar-refractivity contribution in [3.05, 3.63) is 64.5 Å². The number of aryl methyl sites for hydroxylation is 1. The van der Waals surface area contributed by atoms with E-state index < -0.39 is 0 Å². The molecule has 11 heteroatoms. The molecule has 41 heavy (non-hydrogen) atoms. The van der Waals surface area contributed by atoms with Gasteiger partial charge in [0, 0.05) is 20.0 Å². The number of aliphatic hydroxyl groups is 1. The second-order valence-corrected chi connectivity index (χ2v) is 12.3. The van der Waals surface area contributed by atoms with Crippen LogP contribution in [-0.4, -0.2) is 48.9 Å². The first kappa shape index (κ1) is 28.3. The number of anilines is 1. The summed E-state index contributed by atoms with van der Waals surface area (Å²) in [6.07, 6.45) is 4.91. The summed E-state index contributed by atoms with van der Waals surface area (Å²) in [7, 11) is 0. The van der Waals surface area contributed by atoms with Crippen molar-refractivity contribution in [3.8, 4) is 16.7 Å². The van der Waals surface area contributed by atoms with Gasteiger partial charge in [-0.2, -0.15) is 5.26 Å². The Balaban J connectivity index is 1.45. The molecule has 0 saturated carbocycles. The molecular formula is C30H32N6O4S. The van der Waals surface area contributed by atoms with Gasteiger partial charge >= 0.3 is 0 Å².